The number of amides is 1. The molecule has 150 valence electrons. The van der Waals surface area contributed by atoms with Crippen LogP contribution >= 0.6 is 11.3 Å². The van der Waals surface area contributed by atoms with Crippen molar-refractivity contribution < 1.29 is 4.79 Å². The maximum absolute atomic E-state index is 12.8. The van der Waals surface area contributed by atoms with E-state index in [0.717, 1.165) is 48.7 Å². The third kappa shape index (κ3) is 3.39. The number of rotatable bonds is 3. The highest BCUT2D eigenvalue weighted by Crippen LogP contribution is 2.35. The summed E-state index contributed by atoms with van der Waals surface area (Å²) in [5.74, 6) is 1.23. The van der Waals surface area contributed by atoms with Crippen molar-refractivity contribution >= 4 is 39.0 Å². The Hall–Kier alpha value is -2.47. The predicted octanol–water partition coefficient (Wildman–Crippen LogP) is 4.65. The molecule has 29 heavy (non-hydrogen) atoms. The molecule has 3 heterocycles. The summed E-state index contributed by atoms with van der Waals surface area (Å²) in [6, 6.07) is 6.39. The van der Waals surface area contributed by atoms with E-state index in [2.05, 4.69) is 52.2 Å². The molecule has 0 unspecified atom stereocenters. The van der Waals surface area contributed by atoms with Crippen LogP contribution in [0.1, 0.15) is 40.8 Å². The topological polar surface area (TPSA) is 58.1 Å². The van der Waals surface area contributed by atoms with E-state index in [1.807, 2.05) is 0 Å². The first-order chi connectivity index (χ1) is 14.1. The second-order valence-corrected chi connectivity index (χ2v) is 9.45. The van der Waals surface area contributed by atoms with E-state index < -0.39 is 0 Å². The number of carbonyl (C=O) groups excluding carboxylic acids is 1. The van der Waals surface area contributed by atoms with Crippen molar-refractivity contribution in [2.24, 2.45) is 5.92 Å². The van der Waals surface area contributed by atoms with Gasteiger partial charge in [0.05, 0.1) is 5.39 Å². The Balaban J connectivity index is 1.26. The summed E-state index contributed by atoms with van der Waals surface area (Å²) < 4.78 is 0. The summed E-state index contributed by atoms with van der Waals surface area (Å²) in [4.78, 5) is 26.5. The fourth-order valence-corrected chi connectivity index (χ4v) is 5.64. The van der Waals surface area contributed by atoms with E-state index in [-0.39, 0.29) is 11.8 Å². The van der Waals surface area contributed by atoms with E-state index in [9.17, 15) is 4.79 Å². The van der Waals surface area contributed by atoms with Gasteiger partial charge in [-0.15, -0.1) is 11.3 Å². The Morgan fingerprint density at radius 3 is 2.76 bits per heavy atom. The molecule has 2 aromatic heterocycles. The molecule has 1 N–H and O–H groups in total. The molecule has 1 aliphatic carbocycles. The SMILES string of the molecule is Cc1sc2ncnc(N3CCC(C(=O)Nc4ccc5c(c4)CCC5)CC3)c2c1C. The van der Waals surface area contributed by atoms with E-state index in [1.165, 1.54) is 39.8 Å². The Morgan fingerprint density at radius 2 is 1.93 bits per heavy atom. The molecule has 0 spiro atoms. The molecule has 1 fully saturated rings. The van der Waals surface area contributed by atoms with Gasteiger partial charge in [-0.05, 0) is 74.8 Å². The van der Waals surface area contributed by atoms with Gasteiger partial charge in [0.2, 0.25) is 5.91 Å². The average Bonchev–Trinajstić information content (AvgIpc) is 3.32. The Bertz CT molecular complexity index is 1080. The Kier molecular flexibility index (Phi) is 4.74. The van der Waals surface area contributed by atoms with Crippen molar-refractivity contribution in [2.75, 3.05) is 23.3 Å². The number of aromatic nitrogens is 2. The van der Waals surface area contributed by atoms with Crippen LogP contribution < -0.4 is 10.2 Å². The van der Waals surface area contributed by atoms with Crippen LogP contribution in [0.3, 0.4) is 0 Å². The molecule has 1 saturated heterocycles. The fourth-order valence-electron chi connectivity index (χ4n) is 4.65. The zero-order valence-corrected chi connectivity index (χ0v) is 17.8. The number of anilines is 2. The van der Waals surface area contributed by atoms with Crippen LogP contribution in [0.5, 0.6) is 0 Å². The molecule has 2 aliphatic rings. The van der Waals surface area contributed by atoms with Crippen LogP contribution in [0, 0.1) is 19.8 Å². The highest BCUT2D eigenvalue weighted by Gasteiger charge is 2.27. The lowest BCUT2D eigenvalue weighted by Gasteiger charge is -2.32. The molecule has 0 atom stereocenters. The summed E-state index contributed by atoms with van der Waals surface area (Å²) in [5, 5.41) is 4.33. The summed E-state index contributed by atoms with van der Waals surface area (Å²) >= 11 is 1.73. The van der Waals surface area contributed by atoms with Crippen molar-refractivity contribution in [3.8, 4) is 0 Å². The van der Waals surface area contributed by atoms with Crippen molar-refractivity contribution in [1.29, 1.82) is 0 Å². The first kappa shape index (κ1) is 18.6. The first-order valence-electron chi connectivity index (χ1n) is 10.5. The molecule has 0 saturated carbocycles. The van der Waals surface area contributed by atoms with Crippen molar-refractivity contribution in [2.45, 2.75) is 46.0 Å². The number of fused-ring (bicyclic) bond motifs is 2. The molecule has 0 bridgehead atoms. The summed E-state index contributed by atoms with van der Waals surface area (Å²) in [6.45, 7) is 5.99. The van der Waals surface area contributed by atoms with Gasteiger partial charge in [-0.2, -0.15) is 0 Å². The van der Waals surface area contributed by atoms with Gasteiger partial charge in [0, 0.05) is 29.6 Å². The predicted molar refractivity (Wildman–Crippen MR) is 119 cm³/mol. The molecule has 6 heteroatoms. The van der Waals surface area contributed by atoms with E-state index in [4.69, 9.17) is 0 Å². The van der Waals surface area contributed by atoms with Crippen LogP contribution in [-0.4, -0.2) is 29.0 Å². The lowest BCUT2D eigenvalue weighted by molar-refractivity contribution is -0.120. The fraction of sp³-hybridized carbons (Fsp3) is 0.435. The third-order valence-corrected chi connectivity index (χ3v) is 7.59. The standard InChI is InChI=1S/C23H26N4OS/c1-14-15(2)29-23-20(14)21(24-13-25-23)27-10-8-17(9-11-27)22(28)26-19-7-6-16-4-3-5-18(16)12-19/h6-7,12-13,17H,3-5,8-11H2,1-2H3,(H,26,28). The number of aryl methyl sites for hydroxylation is 4. The van der Waals surface area contributed by atoms with E-state index >= 15 is 0 Å². The number of hydrogen-bond acceptors (Lipinski definition) is 5. The highest BCUT2D eigenvalue weighted by atomic mass is 32.1. The van der Waals surface area contributed by atoms with Crippen LogP contribution in [-0.2, 0) is 17.6 Å². The molecule has 1 aromatic carbocycles. The van der Waals surface area contributed by atoms with E-state index in [0.29, 0.717) is 0 Å². The number of piperidine rings is 1. The number of thiophene rings is 1. The lowest BCUT2D eigenvalue weighted by atomic mass is 9.95. The normalized spacial score (nSPS) is 17.0. The van der Waals surface area contributed by atoms with Gasteiger partial charge in [-0.3, -0.25) is 4.79 Å². The highest BCUT2D eigenvalue weighted by molar-refractivity contribution is 7.18. The van der Waals surface area contributed by atoms with E-state index in [1.54, 1.807) is 17.7 Å². The summed E-state index contributed by atoms with van der Waals surface area (Å²) in [7, 11) is 0. The monoisotopic (exact) mass is 406 g/mol. The lowest BCUT2D eigenvalue weighted by Crippen LogP contribution is -2.38. The van der Waals surface area contributed by atoms with Gasteiger partial charge in [0.15, 0.2) is 0 Å². The molecule has 0 radical (unpaired) electrons. The maximum atomic E-state index is 12.8. The molecule has 3 aromatic rings. The second kappa shape index (κ2) is 7.41. The molecule has 5 nitrogen and oxygen atoms in total. The number of nitrogens with zero attached hydrogens (tertiary/aromatic N) is 3. The minimum Gasteiger partial charge on any atom is -0.356 e. The van der Waals surface area contributed by atoms with Gasteiger partial charge in [-0.25, -0.2) is 9.97 Å². The number of benzene rings is 1. The zero-order chi connectivity index (χ0) is 20.0. The molecular formula is C23H26N4OS. The smallest absolute Gasteiger partial charge is 0.227 e. The van der Waals surface area contributed by atoms with Crippen LogP contribution in [0.2, 0.25) is 0 Å². The van der Waals surface area contributed by atoms with Gasteiger partial charge in [-0.1, -0.05) is 6.07 Å². The van der Waals surface area contributed by atoms with Gasteiger partial charge in [0.1, 0.15) is 17.0 Å². The Labute approximate surface area is 175 Å². The molecule has 5 rings (SSSR count). The molecule has 1 amide bonds. The van der Waals surface area contributed by atoms with Crippen LogP contribution in [0.15, 0.2) is 24.5 Å². The zero-order valence-electron chi connectivity index (χ0n) is 17.0. The molecule has 1 aliphatic heterocycles. The van der Waals surface area contributed by atoms with Gasteiger partial charge in [0.25, 0.3) is 0 Å². The summed E-state index contributed by atoms with van der Waals surface area (Å²) in [5.41, 5.74) is 5.05. The second-order valence-electron chi connectivity index (χ2n) is 8.25. The van der Waals surface area contributed by atoms with Gasteiger partial charge < -0.3 is 10.2 Å². The largest absolute Gasteiger partial charge is 0.356 e. The number of hydrogen-bond donors (Lipinski definition) is 1. The number of nitrogens with one attached hydrogen (secondary N) is 1. The minimum atomic E-state index is 0.0575. The minimum absolute atomic E-state index is 0.0575. The van der Waals surface area contributed by atoms with Crippen LogP contribution in [0.25, 0.3) is 10.2 Å². The summed E-state index contributed by atoms with van der Waals surface area (Å²) in [6.07, 6.45) is 6.90. The third-order valence-electron chi connectivity index (χ3n) is 6.48. The van der Waals surface area contributed by atoms with Crippen molar-refractivity contribution in [3.63, 3.8) is 0 Å². The average molecular weight is 407 g/mol. The quantitative estimate of drug-likeness (QED) is 0.688. The Morgan fingerprint density at radius 1 is 1.14 bits per heavy atom. The maximum Gasteiger partial charge on any atom is 0.227 e. The van der Waals surface area contributed by atoms with Gasteiger partial charge >= 0.3 is 0 Å². The first-order valence-corrected chi connectivity index (χ1v) is 11.3. The van der Waals surface area contributed by atoms with Crippen molar-refractivity contribution in [3.05, 3.63) is 46.1 Å². The van der Waals surface area contributed by atoms with Crippen molar-refractivity contribution in [1.82, 2.24) is 9.97 Å². The molecular weight excluding hydrogens is 380 g/mol. The van der Waals surface area contributed by atoms with Crippen LogP contribution in [0.4, 0.5) is 11.5 Å². The number of carbonyl (C=O) groups is 1.